The maximum Gasteiger partial charge on any atom is 0.304 e. The standard InChI is InChI=1S/C16H22ClN3O4/c1-8-13(4-5-19-16(8)24-9(2)21)20-15(22)10-6-11(17)12(18)7-14(10)23-3/h6-8,13,16,19H,4-5,18H2,1-3H3,(H,20,22). The molecule has 7 nitrogen and oxygen atoms in total. The number of anilines is 1. The zero-order valence-corrected chi connectivity index (χ0v) is 14.6. The monoisotopic (exact) mass is 355 g/mol. The number of methoxy groups -OCH3 is 1. The average molecular weight is 356 g/mol. The lowest BCUT2D eigenvalue weighted by atomic mass is 9.93. The summed E-state index contributed by atoms with van der Waals surface area (Å²) in [6.07, 6.45) is 0.286. The zero-order valence-electron chi connectivity index (χ0n) is 13.9. The number of ether oxygens (including phenoxy) is 2. The molecule has 1 saturated heterocycles. The minimum Gasteiger partial charge on any atom is -0.496 e. The quantitative estimate of drug-likeness (QED) is 0.559. The largest absolute Gasteiger partial charge is 0.496 e. The second-order valence-corrected chi connectivity index (χ2v) is 6.19. The molecule has 4 N–H and O–H groups in total. The number of hydrogen-bond donors (Lipinski definition) is 3. The highest BCUT2D eigenvalue weighted by Crippen LogP contribution is 2.29. The van der Waals surface area contributed by atoms with E-state index < -0.39 is 6.23 Å². The Bertz CT molecular complexity index is 638. The molecule has 2 rings (SSSR count). The molecule has 0 saturated carbocycles. The lowest BCUT2D eigenvalue weighted by molar-refractivity contribution is -0.152. The number of esters is 1. The highest BCUT2D eigenvalue weighted by molar-refractivity contribution is 6.33. The van der Waals surface area contributed by atoms with Crippen LogP contribution in [0.25, 0.3) is 0 Å². The summed E-state index contributed by atoms with van der Waals surface area (Å²) in [5, 5.41) is 6.37. The number of halogens is 1. The number of carbonyl (C=O) groups is 2. The molecule has 1 aromatic rings. The van der Waals surface area contributed by atoms with Crippen LogP contribution in [0.3, 0.4) is 0 Å². The second kappa shape index (κ2) is 7.72. The van der Waals surface area contributed by atoms with Gasteiger partial charge in [0.05, 0.1) is 23.4 Å². The molecule has 0 aromatic heterocycles. The van der Waals surface area contributed by atoms with Crippen LogP contribution < -0.4 is 21.1 Å². The number of rotatable bonds is 4. The maximum atomic E-state index is 12.6. The van der Waals surface area contributed by atoms with Crippen molar-refractivity contribution in [3.05, 3.63) is 22.7 Å². The minimum atomic E-state index is -0.432. The third kappa shape index (κ3) is 4.10. The van der Waals surface area contributed by atoms with Gasteiger partial charge in [-0.15, -0.1) is 0 Å². The lowest BCUT2D eigenvalue weighted by Gasteiger charge is -2.36. The molecule has 132 valence electrons. The molecule has 1 fully saturated rings. The summed E-state index contributed by atoms with van der Waals surface area (Å²) in [5.74, 6) is -0.401. The first kappa shape index (κ1) is 18.4. The van der Waals surface area contributed by atoms with Crippen molar-refractivity contribution in [2.75, 3.05) is 19.4 Å². The molecule has 3 unspecified atom stereocenters. The van der Waals surface area contributed by atoms with Crippen molar-refractivity contribution in [2.24, 2.45) is 5.92 Å². The van der Waals surface area contributed by atoms with Gasteiger partial charge >= 0.3 is 5.97 Å². The molecule has 1 aliphatic rings. The van der Waals surface area contributed by atoms with Crippen LogP contribution in [-0.4, -0.2) is 37.8 Å². The van der Waals surface area contributed by atoms with Gasteiger partial charge in [0.25, 0.3) is 5.91 Å². The number of amides is 1. The van der Waals surface area contributed by atoms with E-state index in [1.165, 1.54) is 26.2 Å². The first-order valence-electron chi connectivity index (χ1n) is 7.68. The Balaban J connectivity index is 2.14. The van der Waals surface area contributed by atoms with Crippen molar-refractivity contribution in [1.82, 2.24) is 10.6 Å². The predicted octanol–water partition coefficient (Wildman–Crippen LogP) is 1.55. The number of hydrogen-bond acceptors (Lipinski definition) is 6. The lowest BCUT2D eigenvalue weighted by Crippen LogP contribution is -2.55. The van der Waals surface area contributed by atoms with Crippen LogP contribution in [0.2, 0.25) is 5.02 Å². The summed E-state index contributed by atoms with van der Waals surface area (Å²) < 4.78 is 10.4. The summed E-state index contributed by atoms with van der Waals surface area (Å²) in [7, 11) is 1.46. The number of carbonyl (C=O) groups excluding carboxylic acids is 2. The van der Waals surface area contributed by atoms with E-state index in [-0.39, 0.29) is 28.9 Å². The first-order valence-corrected chi connectivity index (χ1v) is 8.05. The first-order chi connectivity index (χ1) is 11.3. The van der Waals surface area contributed by atoms with Gasteiger partial charge in [-0.05, 0) is 12.5 Å². The van der Waals surface area contributed by atoms with Crippen LogP contribution in [0.1, 0.15) is 30.6 Å². The van der Waals surface area contributed by atoms with Crippen molar-refractivity contribution in [3.8, 4) is 5.75 Å². The third-order valence-electron chi connectivity index (χ3n) is 4.09. The molecule has 0 bridgehead atoms. The van der Waals surface area contributed by atoms with Crippen molar-refractivity contribution in [1.29, 1.82) is 0 Å². The smallest absolute Gasteiger partial charge is 0.304 e. The highest BCUT2D eigenvalue weighted by atomic mass is 35.5. The fraction of sp³-hybridized carbons (Fsp3) is 0.500. The SMILES string of the molecule is COc1cc(N)c(Cl)cc1C(=O)NC1CCNC(OC(C)=O)C1C. The van der Waals surface area contributed by atoms with E-state index in [1.54, 1.807) is 0 Å². The number of nitrogens with two attached hydrogens (primary N) is 1. The summed E-state index contributed by atoms with van der Waals surface area (Å²) in [4.78, 5) is 23.8. The van der Waals surface area contributed by atoms with Gasteiger partial charge < -0.3 is 20.5 Å². The topological polar surface area (TPSA) is 103 Å². The van der Waals surface area contributed by atoms with E-state index in [2.05, 4.69) is 10.6 Å². The summed E-state index contributed by atoms with van der Waals surface area (Å²) in [6.45, 7) is 3.91. The van der Waals surface area contributed by atoms with E-state index in [4.69, 9.17) is 26.8 Å². The molecule has 24 heavy (non-hydrogen) atoms. The second-order valence-electron chi connectivity index (χ2n) is 5.79. The Kier molecular flexibility index (Phi) is 5.90. The number of piperidine rings is 1. The molecule has 1 amide bonds. The van der Waals surface area contributed by atoms with Crippen molar-refractivity contribution in [3.63, 3.8) is 0 Å². The minimum absolute atomic E-state index is 0.0816. The van der Waals surface area contributed by atoms with E-state index in [0.29, 0.717) is 23.5 Å². The number of benzene rings is 1. The van der Waals surface area contributed by atoms with Crippen molar-refractivity contribution in [2.45, 2.75) is 32.5 Å². The molecule has 0 aliphatic carbocycles. The molecule has 8 heteroatoms. The van der Waals surface area contributed by atoms with Gasteiger partial charge in [0.2, 0.25) is 0 Å². The van der Waals surface area contributed by atoms with Gasteiger partial charge in [-0.1, -0.05) is 18.5 Å². The van der Waals surface area contributed by atoms with E-state index in [9.17, 15) is 9.59 Å². The van der Waals surface area contributed by atoms with Gasteiger partial charge in [-0.25, -0.2) is 0 Å². The van der Waals surface area contributed by atoms with Gasteiger partial charge in [-0.2, -0.15) is 0 Å². The average Bonchev–Trinajstić information content (AvgIpc) is 2.52. The van der Waals surface area contributed by atoms with Crippen LogP contribution in [0.4, 0.5) is 5.69 Å². The highest BCUT2D eigenvalue weighted by Gasteiger charge is 2.33. The van der Waals surface area contributed by atoms with Crippen LogP contribution in [0.15, 0.2) is 12.1 Å². The maximum absolute atomic E-state index is 12.6. The van der Waals surface area contributed by atoms with Crippen molar-refractivity contribution >= 4 is 29.2 Å². The molecule has 0 radical (unpaired) electrons. The summed E-state index contributed by atoms with van der Waals surface area (Å²) in [6, 6.07) is 2.86. The van der Waals surface area contributed by atoms with E-state index in [0.717, 1.165) is 6.42 Å². The van der Waals surface area contributed by atoms with Gasteiger partial charge in [0, 0.05) is 31.5 Å². The molecular weight excluding hydrogens is 334 g/mol. The van der Waals surface area contributed by atoms with Gasteiger partial charge in [-0.3, -0.25) is 14.9 Å². The van der Waals surface area contributed by atoms with Crippen LogP contribution >= 0.6 is 11.6 Å². The molecule has 1 heterocycles. The number of nitrogens with one attached hydrogen (secondary N) is 2. The Hall–Kier alpha value is -1.99. The Morgan fingerprint density at radius 1 is 1.42 bits per heavy atom. The molecule has 1 aromatic carbocycles. The predicted molar refractivity (Wildman–Crippen MR) is 91.0 cm³/mol. The van der Waals surface area contributed by atoms with Crippen LogP contribution in [-0.2, 0) is 9.53 Å². The van der Waals surface area contributed by atoms with Gasteiger partial charge in [0.1, 0.15) is 5.75 Å². The van der Waals surface area contributed by atoms with E-state index >= 15 is 0 Å². The number of nitrogen functional groups attached to an aromatic ring is 1. The summed E-state index contributed by atoms with van der Waals surface area (Å²) >= 11 is 6.01. The molecule has 0 spiro atoms. The van der Waals surface area contributed by atoms with Crippen molar-refractivity contribution < 1.29 is 19.1 Å². The van der Waals surface area contributed by atoms with Crippen LogP contribution in [0, 0.1) is 5.92 Å². The van der Waals surface area contributed by atoms with Gasteiger partial charge in [0.15, 0.2) is 6.23 Å². The molecular formula is C16H22ClN3O4. The fourth-order valence-electron chi connectivity index (χ4n) is 2.73. The Morgan fingerprint density at radius 3 is 2.75 bits per heavy atom. The normalized spacial score (nSPS) is 23.4. The van der Waals surface area contributed by atoms with E-state index in [1.807, 2.05) is 6.92 Å². The fourth-order valence-corrected chi connectivity index (χ4v) is 2.90. The zero-order chi connectivity index (χ0) is 17.9. The molecule has 3 atom stereocenters. The summed E-state index contributed by atoms with van der Waals surface area (Å²) in [5.41, 5.74) is 6.39. The Morgan fingerprint density at radius 2 is 2.12 bits per heavy atom. The van der Waals surface area contributed by atoms with Crippen LogP contribution in [0.5, 0.6) is 5.75 Å². The Labute approximate surface area is 145 Å². The molecule has 1 aliphatic heterocycles. The third-order valence-corrected chi connectivity index (χ3v) is 4.41.